The van der Waals surface area contributed by atoms with Gasteiger partial charge in [-0.05, 0) is 55.1 Å². The zero-order chi connectivity index (χ0) is 14.9. The molecule has 2 nitrogen and oxygen atoms in total. The minimum atomic E-state index is 0.453. The van der Waals surface area contributed by atoms with Crippen molar-refractivity contribution in [3.63, 3.8) is 0 Å². The SMILES string of the molecule is Clc1ccc(CCNC2CCc3c2[nH]c2ccccc32)cc1. The number of hydrogen-bond acceptors (Lipinski definition) is 1. The van der Waals surface area contributed by atoms with E-state index in [1.54, 1.807) is 0 Å². The van der Waals surface area contributed by atoms with Crippen molar-refractivity contribution in [3.05, 3.63) is 70.4 Å². The van der Waals surface area contributed by atoms with Gasteiger partial charge in [-0.2, -0.15) is 0 Å². The molecule has 22 heavy (non-hydrogen) atoms. The summed E-state index contributed by atoms with van der Waals surface area (Å²) in [4.78, 5) is 3.60. The van der Waals surface area contributed by atoms with E-state index >= 15 is 0 Å². The maximum absolute atomic E-state index is 5.92. The molecule has 0 saturated heterocycles. The Labute approximate surface area is 135 Å². The molecule has 1 aliphatic rings. The summed E-state index contributed by atoms with van der Waals surface area (Å²) in [5, 5.41) is 5.89. The van der Waals surface area contributed by atoms with Crippen LogP contribution in [0.1, 0.15) is 29.3 Å². The Balaban J connectivity index is 1.44. The van der Waals surface area contributed by atoms with E-state index in [-0.39, 0.29) is 0 Å². The van der Waals surface area contributed by atoms with Gasteiger partial charge >= 0.3 is 0 Å². The largest absolute Gasteiger partial charge is 0.357 e. The molecule has 0 bridgehead atoms. The molecule has 0 aliphatic heterocycles. The van der Waals surface area contributed by atoms with E-state index in [1.807, 2.05) is 12.1 Å². The second kappa shape index (κ2) is 5.79. The third-order valence-electron chi connectivity index (χ3n) is 4.60. The Morgan fingerprint density at radius 1 is 1.09 bits per heavy atom. The monoisotopic (exact) mass is 310 g/mol. The minimum absolute atomic E-state index is 0.453. The number of aromatic amines is 1. The summed E-state index contributed by atoms with van der Waals surface area (Å²) in [5.74, 6) is 0. The molecular weight excluding hydrogens is 292 g/mol. The summed E-state index contributed by atoms with van der Waals surface area (Å²) in [6.07, 6.45) is 3.38. The zero-order valence-corrected chi connectivity index (χ0v) is 13.2. The average Bonchev–Trinajstić information content (AvgIpc) is 3.09. The first kappa shape index (κ1) is 13.9. The highest BCUT2D eigenvalue weighted by molar-refractivity contribution is 6.30. The number of rotatable bonds is 4. The predicted molar refractivity (Wildman–Crippen MR) is 92.5 cm³/mol. The van der Waals surface area contributed by atoms with Gasteiger partial charge in [-0.1, -0.05) is 41.9 Å². The second-order valence-corrected chi connectivity index (χ2v) is 6.42. The Morgan fingerprint density at radius 3 is 2.77 bits per heavy atom. The number of aromatic nitrogens is 1. The van der Waals surface area contributed by atoms with Crippen LogP contribution in [-0.4, -0.2) is 11.5 Å². The summed E-state index contributed by atoms with van der Waals surface area (Å²) >= 11 is 5.92. The second-order valence-electron chi connectivity index (χ2n) is 5.98. The van der Waals surface area contributed by atoms with Crippen LogP contribution in [0.15, 0.2) is 48.5 Å². The van der Waals surface area contributed by atoms with Gasteiger partial charge < -0.3 is 10.3 Å². The van der Waals surface area contributed by atoms with E-state index in [2.05, 4.69) is 46.7 Å². The molecule has 0 saturated carbocycles. The van der Waals surface area contributed by atoms with Crippen LogP contribution in [0.4, 0.5) is 0 Å². The number of halogens is 1. The van der Waals surface area contributed by atoms with Crippen LogP contribution in [0.5, 0.6) is 0 Å². The Hall–Kier alpha value is -1.77. The maximum Gasteiger partial charge on any atom is 0.0479 e. The molecule has 1 unspecified atom stereocenters. The van der Waals surface area contributed by atoms with E-state index in [9.17, 15) is 0 Å². The van der Waals surface area contributed by atoms with E-state index in [1.165, 1.54) is 34.1 Å². The van der Waals surface area contributed by atoms with Gasteiger partial charge in [-0.25, -0.2) is 0 Å². The van der Waals surface area contributed by atoms with Crippen molar-refractivity contribution in [2.75, 3.05) is 6.54 Å². The third-order valence-corrected chi connectivity index (χ3v) is 4.85. The van der Waals surface area contributed by atoms with Gasteiger partial charge in [0.25, 0.3) is 0 Å². The summed E-state index contributed by atoms with van der Waals surface area (Å²) in [6, 6.07) is 17.2. The third kappa shape index (κ3) is 2.53. The first-order valence-corrected chi connectivity index (χ1v) is 8.26. The molecule has 1 aromatic heterocycles. The lowest BCUT2D eigenvalue weighted by atomic mass is 10.1. The summed E-state index contributed by atoms with van der Waals surface area (Å²) in [5.41, 5.74) is 5.47. The number of hydrogen-bond donors (Lipinski definition) is 2. The summed E-state index contributed by atoms with van der Waals surface area (Å²) < 4.78 is 0. The van der Waals surface area contributed by atoms with Gasteiger partial charge in [-0.3, -0.25) is 0 Å². The predicted octanol–water partition coefficient (Wildman–Crippen LogP) is 4.64. The number of benzene rings is 2. The molecule has 1 heterocycles. The molecule has 0 amide bonds. The lowest BCUT2D eigenvalue weighted by Crippen LogP contribution is -2.22. The van der Waals surface area contributed by atoms with Crippen molar-refractivity contribution in [3.8, 4) is 0 Å². The van der Waals surface area contributed by atoms with Crippen LogP contribution in [0.25, 0.3) is 10.9 Å². The average molecular weight is 311 g/mol. The fourth-order valence-electron chi connectivity index (χ4n) is 3.47. The van der Waals surface area contributed by atoms with Crippen molar-refractivity contribution < 1.29 is 0 Å². The van der Waals surface area contributed by atoms with Gasteiger partial charge in [0, 0.05) is 27.7 Å². The zero-order valence-electron chi connectivity index (χ0n) is 12.4. The first-order chi connectivity index (χ1) is 10.8. The minimum Gasteiger partial charge on any atom is -0.357 e. The van der Waals surface area contributed by atoms with Gasteiger partial charge in [-0.15, -0.1) is 0 Å². The Kier molecular flexibility index (Phi) is 3.65. The van der Waals surface area contributed by atoms with Crippen LogP contribution >= 0.6 is 11.6 Å². The van der Waals surface area contributed by atoms with Crippen LogP contribution < -0.4 is 5.32 Å². The first-order valence-electron chi connectivity index (χ1n) is 7.88. The van der Waals surface area contributed by atoms with Crippen molar-refractivity contribution >= 4 is 22.5 Å². The molecule has 0 radical (unpaired) electrons. The van der Waals surface area contributed by atoms with Crippen LogP contribution in [0, 0.1) is 0 Å². The van der Waals surface area contributed by atoms with Crippen LogP contribution in [0.2, 0.25) is 5.02 Å². The van der Waals surface area contributed by atoms with Crippen molar-refractivity contribution in [1.82, 2.24) is 10.3 Å². The molecule has 2 aromatic carbocycles. The van der Waals surface area contributed by atoms with Crippen molar-refractivity contribution in [1.29, 1.82) is 0 Å². The van der Waals surface area contributed by atoms with Gasteiger partial charge in [0.1, 0.15) is 0 Å². The topological polar surface area (TPSA) is 27.8 Å². The fourth-order valence-corrected chi connectivity index (χ4v) is 3.59. The molecule has 112 valence electrons. The van der Waals surface area contributed by atoms with Crippen molar-refractivity contribution in [2.45, 2.75) is 25.3 Å². The number of fused-ring (bicyclic) bond motifs is 3. The molecule has 0 spiro atoms. The lowest BCUT2D eigenvalue weighted by molar-refractivity contribution is 0.525. The quantitative estimate of drug-likeness (QED) is 0.722. The number of para-hydroxylation sites is 1. The van der Waals surface area contributed by atoms with Crippen LogP contribution in [0.3, 0.4) is 0 Å². The van der Waals surface area contributed by atoms with Gasteiger partial charge in [0.05, 0.1) is 0 Å². The fraction of sp³-hybridized carbons (Fsp3) is 0.263. The molecule has 0 fully saturated rings. The number of nitrogens with one attached hydrogen (secondary N) is 2. The Morgan fingerprint density at radius 2 is 1.91 bits per heavy atom. The Bertz CT molecular complexity index is 789. The van der Waals surface area contributed by atoms with E-state index < -0.39 is 0 Å². The highest BCUT2D eigenvalue weighted by Crippen LogP contribution is 2.35. The van der Waals surface area contributed by atoms with E-state index in [0.717, 1.165) is 24.4 Å². The van der Waals surface area contributed by atoms with Gasteiger partial charge in [0.15, 0.2) is 0 Å². The highest BCUT2D eigenvalue weighted by atomic mass is 35.5. The summed E-state index contributed by atoms with van der Waals surface area (Å²) in [7, 11) is 0. The van der Waals surface area contributed by atoms with E-state index in [0.29, 0.717) is 6.04 Å². The summed E-state index contributed by atoms with van der Waals surface area (Å²) in [6.45, 7) is 0.987. The highest BCUT2D eigenvalue weighted by Gasteiger charge is 2.25. The molecule has 2 N–H and O–H groups in total. The molecule has 3 heteroatoms. The van der Waals surface area contributed by atoms with E-state index in [4.69, 9.17) is 11.6 Å². The molecular formula is C19H19ClN2. The van der Waals surface area contributed by atoms with Crippen molar-refractivity contribution in [2.24, 2.45) is 0 Å². The number of H-pyrrole nitrogens is 1. The number of aryl methyl sites for hydroxylation is 1. The lowest BCUT2D eigenvalue weighted by Gasteiger charge is -2.12. The maximum atomic E-state index is 5.92. The normalized spacial score (nSPS) is 17.0. The smallest absolute Gasteiger partial charge is 0.0479 e. The van der Waals surface area contributed by atoms with Gasteiger partial charge in [0.2, 0.25) is 0 Å². The van der Waals surface area contributed by atoms with Crippen LogP contribution in [-0.2, 0) is 12.8 Å². The standard InChI is InChI=1S/C19H19ClN2/c20-14-7-5-13(6-8-14)11-12-21-18-10-9-16-15-3-1-2-4-17(15)22-19(16)18/h1-8,18,21-22H,9-12H2. The molecule has 4 rings (SSSR count). The molecule has 1 atom stereocenters. The molecule has 1 aliphatic carbocycles. The molecule has 3 aromatic rings.